The summed E-state index contributed by atoms with van der Waals surface area (Å²) in [6.07, 6.45) is 5.23. The quantitative estimate of drug-likeness (QED) is 0.573. The van der Waals surface area contributed by atoms with Gasteiger partial charge < -0.3 is 14.4 Å². The van der Waals surface area contributed by atoms with Gasteiger partial charge in [0.15, 0.2) is 0 Å². The third-order valence-electron chi connectivity index (χ3n) is 3.88. The number of amides is 1. The van der Waals surface area contributed by atoms with Gasteiger partial charge in [0.1, 0.15) is 0 Å². The van der Waals surface area contributed by atoms with Crippen LogP contribution in [0.25, 0.3) is 17.1 Å². The highest BCUT2D eigenvalue weighted by Crippen LogP contribution is 2.19. The molecule has 0 saturated heterocycles. The lowest BCUT2D eigenvalue weighted by molar-refractivity contribution is 0.0946. The van der Waals surface area contributed by atoms with Gasteiger partial charge in [-0.3, -0.25) is 4.79 Å². The highest BCUT2D eigenvalue weighted by molar-refractivity contribution is 6.30. The molecule has 1 amide bonds. The van der Waals surface area contributed by atoms with Crippen molar-refractivity contribution in [3.05, 3.63) is 83.7 Å². The van der Waals surface area contributed by atoms with Crippen molar-refractivity contribution in [3.8, 4) is 17.1 Å². The van der Waals surface area contributed by atoms with Gasteiger partial charge in [-0.05, 0) is 36.4 Å². The number of aromatic nitrogens is 4. The van der Waals surface area contributed by atoms with Crippen molar-refractivity contribution in [3.63, 3.8) is 0 Å². The highest BCUT2D eigenvalue weighted by atomic mass is 35.5. The topological polar surface area (TPSA) is 85.8 Å². The smallest absolute Gasteiger partial charge is 0.251 e. The van der Waals surface area contributed by atoms with E-state index in [-0.39, 0.29) is 12.5 Å². The van der Waals surface area contributed by atoms with Crippen LogP contribution in [-0.2, 0) is 6.54 Å². The fraction of sp³-hybridized carbons (Fsp3) is 0.0526. The van der Waals surface area contributed by atoms with Crippen LogP contribution in [0.3, 0.4) is 0 Å². The second-order valence-electron chi connectivity index (χ2n) is 5.72. The summed E-state index contributed by atoms with van der Waals surface area (Å²) in [5.74, 6) is 0.509. The molecule has 0 aliphatic rings. The molecule has 4 aromatic rings. The van der Waals surface area contributed by atoms with E-state index in [1.165, 1.54) is 0 Å². The standard InChI is InChI=1S/C19H14ClN5O2/c20-15-3-1-2-14(10-15)18-23-17(27-24-18)11-22-19(26)13-4-6-16(7-5-13)25-9-8-21-12-25/h1-10,12H,11H2,(H,22,26). The number of nitrogens with zero attached hydrogens (tertiary/aromatic N) is 4. The number of benzene rings is 2. The van der Waals surface area contributed by atoms with Gasteiger partial charge in [0.2, 0.25) is 11.7 Å². The van der Waals surface area contributed by atoms with E-state index in [0.29, 0.717) is 22.3 Å². The Morgan fingerprint density at radius 2 is 2.04 bits per heavy atom. The van der Waals surface area contributed by atoms with Crippen molar-refractivity contribution >= 4 is 17.5 Å². The zero-order valence-electron chi connectivity index (χ0n) is 14.0. The molecule has 0 aliphatic carbocycles. The van der Waals surface area contributed by atoms with E-state index in [9.17, 15) is 4.79 Å². The van der Waals surface area contributed by atoms with Gasteiger partial charge in [0.25, 0.3) is 5.91 Å². The van der Waals surface area contributed by atoms with Crippen LogP contribution >= 0.6 is 11.6 Å². The third-order valence-corrected chi connectivity index (χ3v) is 4.12. The van der Waals surface area contributed by atoms with E-state index in [2.05, 4.69) is 20.4 Å². The molecule has 0 bridgehead atoms. The van der Waals surface area contributed by atoms with Crippen LogP contribution in [0.5, 0.6) is 0 Å². The molecule has 7 nitrogen and oxygen atoms in total. The van der Waals surface area contributed by atoms with E-state index in [1.54, 1.807) is 36.8 Å². The number of hydrogen-bond donors (Lipinski definition) is 1. The van der Waals surface area contributed by atoms with Crippen molar-refractivity contribution in [2.45, 2.75) is 6.54 Å². The Hall–Kier alpha value is -3.45. The molecule has 2 aromatic carbocycles. The number of carbonyl (C=O) groups is 1. The minimum Gasteiger partial charge on any atom is -0.343 e. The lowest BCUT2D eigenvalue weighted by Crippen LogP contribution is -2.22. The molecule has 0 aliphatic heterocycles. The number of carbonyl (C=O) groups excluding carboxylic acids is 1. The normalized spacial score (nSPS) is 10.7. The highest BCUT2D eigenvalue weighted by Gasteiger charge is 2.11. The molecule has 0 fully saturated rings. The third kappa shape index (κ3) is 3.88. The van der Waals surface area contributed by atoms with Crippen LogP contribution in [0.4, 0.5) is 0 Å². The van der Waals surface area contributed by atoms with Gasteiger partial charge in [-0.1, -0.05) is 28.9 Å². The second-order valence-corrected chi connectivity index (χ2v) is 6.16. The van der Waals surface area contributed by atoms with Crippen molar-refractivity contribution in [2.24, 2.45) is 0 Å². The van der Waals surface area contributed by atoms with Crippen molar-refractivity contribution in [1.29, 1.82) is 0 Å². The number of nitrogens with one attached hydrogen (secondary N) is 1. The van der Waals surface area contributed by atoms with Crippen LogP contribution in [0.15, 0.2) is 71.8 Å². The zero-order chi connectivity index (χ0) is 18.6. The average molecular weight is 380 g/mol. The first kappa shape index (κ1) is 17.0. The maximum Gasteiger partial charge on any atom is 0.251 e. The van der Waals surface area contributed by atoms with Crippen LogP contribution in [0.2, 0.25) is 5.02 Å². The summed E-state index contributed by atoms with van der Waals surface area (Å²) in [5.41, 5.74) is 2.21. The summed E-state index contributed by atoms with van der Waals surface area (Å²) in [5, 5.41) is 7.27. The molecule has 0 spiro atoms. The molecule has 0 unspecified atom stereocenters. The largest absolute Gasteiger partial charge is 0.343 e. The summed E-state index contributed by atoms with van der Waals surface area (Å²) >= 11 is 5.97. The Morgan fingerprint density at radius 1 is 1.19 bits per heavy atom. The van der Waals surface area contributed by atoms with E-state index in [4.69, 9.17) is 16.1 Å². The van der Waals surface area contributed by atoms with E-state index < -0.39 is 0 Å². The SMILES string of the molecule is O=C(NCc1nc(-c2cccc(Cl)c2)no1)c1ccc(-n2ccnc2)cc1. The summed E-state index contributed by atoms with van der Waals surface area (Å²) in [7, 11) is 0. The molecular weight excluding hydrogens is 366 g/mol. The molecule has 27 heavy (non-hydrogen) atoms. The Balaban J connectivity index is 1.39. The Kier molecular flexibility index (Phi) is 4.67. The monoisotopic (exact) mass is 379 g/mol. The maximum absolute atomic E-state index is 12.3. The molecule has 134 valence electrons. The van der Waals surface area contributed by atoms with Gasteiger partial charge >= 0.3 is 0 Å². The maximum atomic E-state index is 12.3. The minimum absolute atomic E-state index is 0.135. The van der Waals surface area contributed by atoms with Gasteiger partial charge in [-0.25, -0.2) is 4.98 Å². The number of imidazole rings is 1. The van der Waals surface area contributed by atoms with Gasteiger partial charge in [0, 0.05) is 34.2 Å². The van der Waals surface area contributed by atoms with Gasteiger partial charge in [0.05, 0.1) is 12.9 Å². The van der Waals surface area contributed by atoms with Crippen molar-refractivity contribution in [1.82, 2.24) is 25.0 Å². The molecule has 0 saturated carbocycles. The first-order valence-electron chi connectivity index (χ1n) is 8.14. The van der Waals surface area contributed by atoms with Crippen LogP contribution in [-0.4, -0.2) is 25.6 Å². The van der Waals surface area contributed by atoms with Crippen LogP contribution < -0.4 is 5.32 Å². The number of rotatable bonds is 5. The van der Waals surface area contributed by atoms with Gasteiger partial charge in [-0.2, -0.15) is 4.98 Å². The van der Waals surface area contributed by atoms with Crippen molar-refractivity contribution in [2.75, 3.05) is 0 Å². The lowest BCUT2D eigenvalue weighted by atomic mass is 10.2. The van der Waals surface area contributed by atoms with E-state index in [1.807, 2.05) is 35.0 Å². The fourth-order valence-electron chi connectivity index (χ4n) is 2.53. The van der Waals surface area contributed by atoms with E-state index >= 15 is 0 Å². The first-order valence-corrected chi connectivity index (χ1v) is 8.52. The molecule has 8 heteroatoms. The predicted octanol–water partition coefficient (Wildman–Crippen LogP) is 3.51. The van der Waals surface area contributed by atoms with E-state index in [0.717, 1.165) is 11.3 Å². The predicted molar refractivity (Wildman–Crippen MR) is 99.5 cm³/mol. The van der Waals surface area contributed by atoms with Crippen LogP contribution in [0.1, 0.15) is 16.2 Å². The molecule has 2 aromatic heterocycles. The number of hydrogen-bond acceptors (Lipinski definition) is 5. The summed E-state index contributed by atoms with van der Waals surface area (Å²) < 4.78 is 7.04. The summed E-state index contributed by atoms with van der Waals surface area (Å²) in [6, 6.07) is 14.3. The summed E-state index contributed by atoms with van der Waals surface area (Å²) in [4.78, 5) is 20.6. The lowest BCUT2D eigenvalue weighted by Gasteiger charge is -2.05. The Labute approximate surface area is 159 Å². The molecule has 2 heterocycles. The van der Waals surface area contributed by atoms with Crippen LogP contribution in [0, 0.1) is 0 Å². The average Bonchev–Trinajstić information content (AvgIpc) is 3.38. The second kappa shape index (κ2) is 7.43. The first-order chi connectivity index (χ1) is 13.2. The summed E-state index contributed by atoms with van der Waals surface area (Å²) in [6.45, 7) is 0.135. The fourth-order valence-corrected chi connectivity index (χ4v) is 2.72. The minimum atomic E-state index is -0.227. The zero-order valence-corrected chi connectivity index (χ0v) is 14.8. The Bertz CT molecular complexity index is 1060. The molecule has 1 N–H and O–H groups in total. The Morgan fingerprint density at radius 3 is 2.78 bits per heavy atom. The number of halogens is 1. The van der Waals surface area contributed by atoms with Gasteiger partial charge in [-0.15, -0.1) is 0 Å². The molecule has 0 atom stereocenters. The molecular formula is C19H14ClN5O2. The van der Waals surface area contributed by atoms with Crippen molar-refractivity contribution < 1.29 is 9.32 Å². The molecule has 0 radical (unpaired) electrons. The molecule has 4 rings (SSSR count).